The lowest BCUT2D eigenvalue weighted by atomic mass is 10.1. The Morgan fingerprint density at radius 3 is 2.88 bits per heavy atom. The fourth-order valence-corrected chi connectivity index (χ4v) is 3.84. The van der Waals surface area contributed by atoms with E-state index in [1.165, 1.54) is 16.8 Å². The molecule has 0 amide bonds. The number of piperidine rings is 1. The van der Waals surface area contributed by atoms with Crippen LogP contribution in [0.5, 0.6) is 0 Å². The second-order valence-corrected chi connectivity index (χ2v) is 6.22. The molecular formula is C10H18N4O2S. The van der Waals surface area contributed by atoms with Crippen molar-refractivity contribution in [2.45, 2.75) is 30.3 Å². The Hall–Kier alpha value is -0.920. The monoisotopic (exact) mass is 258 g/mol. The summed E-state index contributed by atoms with van der Waals surface area (Å²) in [5.41, 5.74) is 5.64. The molecule has 0 radical (unpaired) electrons. The molecule has 1 aliphatic rings. The molecule has 0 spiro atoms. The Bertz CT molecular complexity index is 482. The molecule has 1 aromatic rings. The van der Waals surface area contributed by atoms with E-state index < -0.39 is 10.0 Å². The molecule has 0 aromatic carbocycles. The van der Waals surface area contributed by atoms with Crippen molar-refractivity contribution in [1.82, 2.24) is 13.9 Å². The van der Waals surface area contributed by atoms with Crippen molar-refractivity contribution in [2.75, 3.05) is 13.1 Å². The van der Waals surface area contributed by atoms with Crippen LogP contribution in [0.2, 0.25) is 0 Å². The average Bonchev–Trinajstić information content (AvgIpc) is 2.76. The van der Waals surface area contributed by atoms with E-state index in [1.807, 2.05) is 0 Å². The van der Waals surface area contributed by atoms with Crippen LogP contribution in [-0.4, -0.2) is 41.4 Å². The first-order chi connectivity index (χ1) is 8.05. The topological polar surface area (TPSA) is 81.2 Å². The zero-order valence-corrected chi connectivity index (χ0v) is 10.7. The van der Waals surface area contributed by atoms with Gasteiger partial charge in [-0.1, -0.05) is 6.42 Å². The van der Waals surface area contributed by atoms with Crippen LogP contribution < -0.4 is 5.73 Å². The second-order valence-electron chi connectivity index (χ2n) is 4.38. The molecule has 2 rings (SSSR count). The van der Waals surface area contributed by atoms with Gasteiger partial charge in [-0.2, -0.15) is 4.31 Å². The number of hydrogen-bond donors (Lipinski definition) is 1. The fraction of sp³-hybridized carbons (Fsp3) is 0.700. The molecule has 7 heteroatoms. The van der Waals surface area contributed by atoms with Gasteiger partial charge in [0.1, 0.15) is 0 Å². The smallest absolute Gasteiger partial charge is 0.262 e. The van der Waals surface area contributed by atoms with Crippen LogP contribution in [0.4, 0.5) is 0 Å². The quantitative estimate of drug-likeness (QED) is 0.822. The minimum absolute atomic E-state index is 0.0873. The van der Waals surface area contributed by atoms with Crippen molar-refractivity contribution in [3.63, 3.8) is 0 Å². The number of sulfonamides is 1. The lowest BCUT2D eigenvalue weighted by molar-refractivity contribution is 0.257. The molecule has 2 heterocycles. The van der Waals surface area contributed by atoms with E-state index in [-0.39, 0.29) is 11.1 Å². The maximum atomic E-state index is 12.4. The van der Waals surface area contributed by atoms with Gasteiger partial charge in [-0.15, -0.1) is 0 Å². The summed E-state index contributed by atoms with van der Waals surface area (Å²) in [6.07, 6.45) is 5.78. The van der Waals surface area contributed by atoms with Gasteiger partial charge in [-0.05, 0) is 12.8 Å². The maximum Gasteiger partial charge on any atom is 0.262 e. The summed E-state index contributed by atoms with van der Waals surface area (Å²) >= 11 is 0. The molecule has 1 aromatic heterocycles. The number of rotatable bonds is 3. The van der Waals surface area contributed by atoms with E-state index in [0.717, 1.165) is 19.3 Å². The normalized spacial score (nSPS) is 22.8. The third-order valence-electron chi connectivity index (χ3n) is 3.10. The predicted molar refractivity (Wildman–Crippen MR) is 63.8 cm³/mol. The van der Waals surface area contributed by atoms with Gasteiger partial charge in [0.15, 0.2) is 5.03 Å². The molecule has 1 fully saturated rings. The first kappa shape index (κ1) is 12.5. The number of aromatic nitrogens is 2. The van der Waals surface area contributed by atoms with Crippen molar-refractivity contribution in [1.29, 1.82) is 0 Å². The number of aryl methyl sites for hydroxylation is 1. The summed E-state index contributed by atoms with van der Waals surface area (Å²) in [7, 11) is -1.73. The van der Waals surface area contributed by atoms with Gasteiger partial charge in [0, 0.05) is 32.4 Å². The third-order valence-corrected chi connectivity index (χ3v) is 4.94. The molecule has 0 bridgehead atoms. The van der Waals surface area contributed by atoms with E-state index in [9.17, 15) is 8.42 Å². The third kappa shape index (κ3) is 2.36. The molecule has 1 saturated heterocycles. The minimum Gasteiger partial charge on any atom is -0.339 e. The molecule has 96 valence electrons. The highest BCUT2D eigenvalue weighted by atomic mass is 32.2. The Balaban J connectivity index is 2.30. The summed E-state index contributed by atoms with van der Waals surface area (Å²) in [5.74, 6) is 0. The zero-order chi connectivity index (χ0) is 12.5. The fourth-order valence-electron chi connectivity index (χ4n) is 2.17. The summed E-state index contributed by atoms with van der Waals surface area (Å²) in [5, 5.41) is 0.111. The summed E-state index contributed by atoms with van der Waals surface area (Å²) in [6, 6.07) is -0.0873. The molecule has 0 saturated carbocycles. The number of imidazole rings is 1. The van der Waals surface area contributed by atoms with Crippen molar-refractivity contribution < 1.29 is 8.42 Å². The Kier molecular flexibility index (Phi) is 3.50. The van der Waals surface area contributed by atoms with E-state index in [2.05, 4.69) is 4.98 Å². The molecule has 2 N–H and O–H groups in total. The van der Waals surface area contributed by atoms with E-state index >= 15 is 0 Å². The molecular weight excluding hydrogens is 240 g/mol. The van der Waals surface area contributed by atoms with Gasteiger partial charge >= 0.3 is 0 Å². The zero-order valence-electron chi connectivity index (χ0n) is 9.91. The highest BCUT2D eigenvalue weighted by Gasteiger charge is 2.33. The van der Waals surface area contributed by atoms with Crippen LogP contribution >= 0.6 is 0 Å². The second kappa shape index (κ2) is 4.75. The van der Waals surface area contributed by atoms with Gasteiger partial charge in [-0.3, -0.25) is 0 Å². The van der Waals surface area contributed by atoms with Gasteiger partial charge in [-0.25, -0.2) is 13.4 Å². The Morgan fingerprint density at radius 1 is 1.53 bits per heavy atom. The SMILES string of the molecule is Cn1cnc(S(=O)(=O)N2CCCCC2CN)c1. The van der Waals surface area contributed by atoms with Crippen LogP contribution in [0.15, 0.2) is 17.6 Å². The molecule has 0 aliphatic carbocycles. The first-order valence-corrected chi connectivity index (χ1v) is 7.19. The molecule has 6 nitrogen and oxygen atoms in total. The average molecular weight is 258 g/mol. The molecule has 1 atom stereocenters. The van der Waals surface area contributed by atoms with Crippen LogP contribution in [0.3, 0.4) is 0 Å². The number of nitrogens with zero attached hydrogens (tertiary/aromatic N) is 3. The van der Waals surface area contributed by atoms with Crippen molar-refractivity contribution in [3.05, 3.63) is 12.5 Å². The predicted octanol–water partition coefficient (Wildman–Crippen LogP) is -0.0780. The molecule has 1 unspecified atom stereocenters. The van der Waals surface area contributed by atoms with Crippen molar-refractivity contribution >= 4 is 10.0 Å². The van der Waals surface area contributed by atoms with Gasteiger partial charge in [0.25, 0.3) is 10.0 Å². The lowest BCUT2D eigenvalue weighted by Crippen LogP contribution is -2.47. The van der Waals surface area contributed by atoms with Crippen LogP contribution in [0.1, 0.15) is 19.3 Å². The van der Waals surface area contributed by atoms with E-state index in [1.54, 1.807) is 11.6 Å². The van der Waals surface area contributed by atoms with Crippen molar-refractivity contribution in [2.24, 2.45) is 12.8 Å². The summed E-state index contributed by atoms with van der Waals surface area (Å²) < 4.78 is 27.9. The highest BCUT2D eigenvalue weighted by molar-refractivity contribution is 7.89. The standard InChI is InChI=1S/C10H18N4O2S/c1-13-7-10(12-8-13)17(15,16)14-5-3-2-4-9(14)6-11/h7-9H,2-6,11H2,1H3. The van der Waals surface area contributed by atoms with E-state index in [4.69, 9.17) is 5.73 Å². The summed E-state index contributed by atoms with van der Waals surface area (Å²) in [6.45, 7) is 0.910. The largest absolute Gasteiger partial charge is 0.339 e. The number of hydrogen-bond acceptors (Lipinski definition) is 4. The van der Waals surface area contributed by atoms with Crippen LogP contribution in [-0.2, 0) is 17.1 Å². The Labute approximate surface area is 101 Å². The highest BCUT2D eigenvalue weighted by Crippen LogP contribution is 2.23. The summed E-state index contributed by atoms with van der Waals surface area (Å²) in [4.78, 5) is 3.92. The molecule has 1 aliphatic heterocycles. The Morgan fingerprint density at radius 2 is 2.29 bits per heavy atom. The van der Waals surface area contributed by atoms with Crippen molar-refractivity contribution in [3.8, 4) is 0 Å². The molecule has 17 heavy (non-hydrogen) atoms. The number of nitrogens with two attached hydrogens (primary N) is 1. The minimum atomic E-state index is -3.48. The van der Waals surface area contributed by atoms with Crippen LogP contribution in [0.25, 0.3) is 0 Å². The first-order valence-electron chi connectivity index (χ1n) is 5.75. The van der Waals surface area contributed by atoms with E-state index in [0.29, 0.717) is 13.1 Å². The van der Waals surface area contributed by atoms with Crippen LogP contribution in [0, 0.1) is 0 Å². The maximum absolute atomic E-state index is 12.4. The van der Waals surface area contributed by atoms with Gasteiger partial charge in [0.2, 0.25) is 0 Å². The lowest BCUT2D eigenvalue weighted by Gasteiger charge is -2.33. The van der Waals surface area contributed by atoms with Gasteiger partial charge in [0.05, 0.1) is 6.33 Å². The van der Waals surface area contributed by atoms with Gasteiger partial charge < -0.3 is 10.3 Å².